The van der Waals surface area contributed by atoms with Crippen molar-refractivity contribution in [3.05, 3.63) is 47.1 Å². The zero-order valence-corrected chi connectivity index (χ0v) is 17.1. The van der Waals surface area contributed by atoms with Crippen molar-refractivity contribution in [2.75, 3.05) is 0 Å². The van der Waals surface area contributed by atoms with E-state index in [0.717, 1.165) is 11.1 Å². The first-order chi connectivity index (χ1) is 13.1. The molecule has 2 rings (SSSR count). The van der Waals surface area contributed by atoms with Gasteiger partial charge in [-0.2, -0.15) is 0 Å². The molecule has 4 atom stereocenters. The Morgan fingerprint density at radius 1 is 1.25 bits per heavy atom. The van der Waals surface area contributed by atoms with E-state index in [1.54, 1.807) is 26.0 Å². The molecule has 6 nitrogen and oxygen atoms in total. The number of allylic oxidation sites excluding steroid dienone is 1. The number of fused-ring (bicyclic) bond motifs is 1. The van der Waals surface area contributed by atoms with Gasteiger partial charge in [-0.1, -0.05) is 24.3 Å². The third kappa shape index (κ3) is 5.00. The van der Waals surface area contributed by atoms with Crippen LogP contribution in [0.5, 0.6) is 0 Å². The molecule has 1 heterocycles. The Hall–Kier alpha value is -2.63. The summed E-state index contributed by atoms with van der Waals surface area (Å²) in [5, 5.41) is 0. The van der Waals surface area contributed by atoms with Gasteiger partial charge in [-0.3, -0.25) is 4.79 Å². The van der Waals surface area contributed by atoms with Crippen molar-refractivity contribution in [1.82, 2.24) is 0 Å². The van der Waals surface area contributed by atoms with Crippen LogP contribution in [0, 0.1) is 5.92 Å². The standard InChI is InChI=1S/C22H28O6/c1-7-13(3)21(24)27-18-10-12(2)8-9-17(26-16(6)23)14(4)11-19-20(18)15(5)22(25)28-19/h7-8,11,17-20H,5,9-10H2,1-4,6H3/b12-8+,13-7+,14-11-/t17-,18+,19+,20+/m0/s1. The Morgan fingerprint density at radius 3 is 2.54 bits per heavy atom. The Balaban J connectivity index is 2.44. The van der Waals surface area contributed by atoms with Gasteiger partial charge in [0, 0.05) is 30.9 Å². The minimum absolute atomic E-state index is 0.280. The van der Waals surface area contributed by atoms with E-state index in [9.17, 15) is 14.4 Å². The first-order valence-electron chi connectivity index (χ1n) is 9.38. The minimum Gasteiger partial charge on any atom is -0.458 e. The molecule has 6 heteroatoms. The van der Waals surface area contributed by atoms with Crippen LogP contribution in [0.4, 0.5) is 0 Å². The van der Waals surface area contributed by atoms with Gasteiger partial charge >= 0.3 is 17.9 Å². The fourth-order valence-electron chi connectivity index (χ4n) is 3.37. The molecule has 1 aliphatic carbocycles. The van der Waals surface area contributed by atoms with E-state index < -0.39 is 36.2 Å². The average Bonchev–Trinajstić information content (AvgIpc) is 2.89. The molecule has 28 heavy (non-hydrogen) atoms. The largest absolute Gasteiger partial charge is 0.458 e. The van der Waals surface area contributed by atoms with Crippen molar-refractivity contribution in [2.24, 2.45) is 5.92 Å². The van der Waals surface area contributed by atoms with Crippen LogP contribution in [0.25, 0.3) is 0 Å². The molecular weight excluding hydrogens is 360 g/mol. The van der Waals surface area contributed by atoms with E-state index in [4.69, 9.17) is 14.2 Å². The van der Waals surface area contributed by atoms with Gasteiger partial charge in [0.05, 0.1) is 5.92 Å². The third-order valence-electron chi connectivity index (χ3n) is 5.12. The minimum atomic E-state index is -0.632. The highest BCUT2D eigenvalue weighted by molar-refractivity contribution is 5.92. The SMILES string of the molecule is C=C1C(=O)O[C@@H]2/C=C(/C)[C@@H](OC(C)=O)C/C=C(\C)C[C@@H](OC(=O)/C(C)=C/C)[C@@H]12. The molecule has 152 valence electrons. The molecule has 0 bridgehead atoms. The van der Waals surface area contributed by atoms with Crippen LogP contribution >= 0.6 is 0 Å². The summed E-state index contributed by atoms with van der Waals surface area (Å²) in [6, 6.07) is 0. The number of carbonyl (C=O) groups is 3. The second-order valence-corrected chi connectivity index (χ2v) is 7.34. The van der Waals surface area contributed by atoms with Gasteiger partial charge in [0.1, 0.15) is 18.3 Å². The maximum Gasteiger partial charge on any atom is 0.334 e. The van der Waals surface area contributed by atoms with Crippen LogP contribution in [0.15, 0.2) is 47.1 Å². The number of rotatable bonds is 3. The van der Waals surface area contributed by atoms with Gasteiger partial charge < -0.3 is 14.2 Å². The third-order valence-corrected chi connectivity index (χ3v) is 5.12. The van der Waals surface area contributed by atoms with Gasteiger partial charge in [0.2, 0.25) is 0 Å². The molecule has 0 unspecified atom stereocenters. The highest BCUT2D eigenvalue weighted by Gasteiger charge is 2.44. The normalized spacial score (nSPS) is 32.2. The van der Waals surface area contributed by atoms with Crippen molar-refractivity contribution in [2.45, 2.75) is 65.8 Å². The number of hydrogen-bond donors (Lipinski definition) is 0. The van der Waals surface area contributed by atoms with Crippen LogP contribution in [0.3, 0.4) is 0 Å². The molecule has 0 aromatic heterocycles. The molecule has 1 aliphatic heterocycles. The van der Waals surface area contributed by atoms with Gasteiger partial charge in [0.25, 0.3) is 0 Å². The summed E-state index contributed by atoms with van der Waals surface area (Å²) in [5.41, 5.74) is 2.51. The van der Waals surface area contributed by atoms with Crippen molar-refractivity contribution in [3.8, 4) is 0 Å². The van der Waals surface area contributed by atoms with Gasteiger partial charge in [-0.15, -0.1) is 0 Å². The molecule has 1 fully saturated rings. The molecule has 1 saturated heterocycles. The second-order valence-electron chi connectivity index (χ2n) is 7.34. The number of esters is 3. The zero-order valence-electron chi connectivity index (χ0n) is 17.1. The van der Waals surface area contributed by atoms with E-state index in [2.05, 4.69) is 6.58 Å². The topological polar surface area (TPSA) is 78.9 Å². The lowest BCUT2D eigenvalue weighted by Crippen LogP contribution is -2.34. The molecule has 0 aromatic carbocycles. The van der Waals surface area contributed by atoms with Crippen LogP contribution in [-0.4, -0.2) is 36.2 Å². The maximum absolute atomic E-state index is 12.4. The van der Waals surface area contributed by atoms with Crippen molar-refractivity contribution < 1.29 is 28.6 Å². The van der Waals surface area contributed by atoms with E-state index in [1.165, 1.54) is 6.92 Å². The van der Waals surface area contributed by atoms with E-state index in [1.807, 2.05) is 19.9 Å². The predicted molar refractivity (Wildman–Crippen MR) is 104 cm³/mol. The average molecular weight is 388 g/mol. The van der Waals surface area contributed by atoms with E-state index in [-0.39, 0.29) is 11.5 Å². The lowest BCUT2D eigenvalue weighted by atomic mass is 9.85. The molecule has 0 radical (unpaired) electrons. The molecule has 0 spiro atoms. The smallest absolute Gasteiger partial charge is 0.334 e. The van der Waals surface area contributed by atoms with Crippen molar-refractivity contribution >= 4 is 17.9 Å². The molecule has 0 amide bonds. The fraction of sp³-hybridized carbons (Fsp3) is 0.500. The number of hydrogen-bond acceptors (Lipinski definition) is 6. The Kier molecular flexibility index (Phi) is 7.00. The summed E-state index contributed by atoms with van der Waals surface area (Å²) in [4.78, 5) is 36.0. The van der Waals surface area contributed by atoms with Crippen LogP contribution in [0.2, 0.25) is 0 Å². The monoisotopic (exact) mass is 388 g/mol. The summed E-state index contributed by atoms with van der Waals surface area (Å²) in [5.74, 6) is -1.82. The molecular formula is C22H28O6. The molecule has 2 aliphatic rings. The summed E-state index contributed by atoms with van der Waals surface area (Å²) in [6.07, 6.45) is 4.69. The Bertz CT molecular complexity index is 770. The zero-order chi connectivity index (χ0) is 21.0. The predicted octanol–water partition coefficient (Wildman–Crippen LogP) is 3.58. The van der Waals surface area contributed by atoms with Crippen LogP contribution in [0.1, 0.15) is 47.5 Å². The first kappa shape index (κ1) is 21.7. The summed E-state index contributed by atoms with van der Waals surface area (Å²) in [6.45, 7) is 12.4. The molecule has 0 saturated carbocycles. The number of carbonyl (C=O) groups excluding carboxylic acids is 3. The highest BCUT2D eigenvalue weighted by atomic mass is 16.6. The van der Waals surface area contributed by atoms with Crippen LogP contribution < -0.4 is 0 Å². The van der Waals surface area contributed by atoms with E-state index >= 15 is 0 Å². The quantitative estimate of drug-likeness (QED) is 0.318. The summed E-state index contributed by atoms with van der Waals surface area (Å²) < 4.78 is 16.7. The summed E-state index contributed by atoms with van der Waals surface area (Å²) in [7, 11) is 0. The Labute approximate surface area is 165 Å². The lowest BCUT2D eigenvalue weighted by molar-refractivity contribution is -0.148. The van der Waals surface area contributed by atoms with Crippen molar-refractivity contribution in [3.63, 3.8) is 0 Å². The van der Waals surface area contributed by atoms with Crippen LogP contribution in [-0.2, 0) is 28.6 Å². The van der Waals surface area contributed by atoms with Gasteiger partial charge in [0.15, 0.2) is 0 Å². The number of ether oxygens (including phenoxy) is 3. The maximum atomic E-state index is 12.4. The first-order valence-corrected chi connectivity index (χ1v) is 9.38. The van der Waals surface area contributed by atoms with Gasteiger partial charge in [-0.05, 0) is 39.3 Å². The van der Waals surface area contributed by atoms with E-state index in [0.29, 0.717) is 18.4 Å². The summed E-state index contributed by atoms with van der Waals surface area (Å²) >= 11 is 0. The second kappa shape index (κ2) is 9.04. The van der Waals surface area contributed by atoms with Gasteiger partial charge in [-0.25, -0.2) is 9.59 Å². The lowest BCUT2D eigenvalue weighted by Gasteiger charge is -2.28. The molecule has 0 N–H and O–H groups in total. The Morgan fingerprint density at radius 2 is 1.93 bits per heavy atom. The highest BCUT2D eigenvalue weighted by Crippen LogP contribution is 2.36. The fourth-order valence-corrected chi connectivity index (χ4v) is 3.37. The molecule has 0 aromatic rings. The van der Waals surface area contributed by atoms with Crippen molar-refractivity contribution in [1.29, 1.82) is 0 Å².